The van der Waals surface area contributed by atoms with E-state index in [2.05, 4.69) is 12.2 Å². The van der Waals surface area contributed by atoms with E-state index in [9.17, 15) is 4.79 Å². The third kappa shape index (κ3) is 3.30. The highest BCUT2D eigenvalue weighted by Crippen LogP contribution is 2.05. The molecule has 2 nitrogen and oxygen atoms in total. The number of aldehydes is 1. The van der Waals surface area contributed by atoms with Gasteiger partial charge in [-0.1, -0.05) is 37.6 Å². The van der Waals surface area contributed by atoms with Crippen LogP contribution < -0.4 is 5.32 Å². The highest BCUT2D eigenvalue weighted by atomic mass is 16.1. The summed E-state index contributed by atoms with van der Waals surface area (Å²) in [6.07, 6.45) is 3.29. The largest absolute Gasteiger partial charge is 0.313 e. The smallest absolute Gasteiger partial charge is 0.150 e. The summed E-state index contributed by atoms with van der Waals surface area (Å²) in [5.74, 6) is 0. The van der Waals surface area contributed by atoms with Crippen molar-refractivity contribution < 1.29 is 4.79 Å². The first kappa shape index (κ1) is 10.9. The number of hydrogen-bond donors (Lipinski definition) is 1. The lowest BCUT2D eigenvalue weighted by molar-refractivity contribution is 0.112. The van der Waals surface area contributed by atoms with E-state index in [0.717, 1.165) is 30.5 Å². The van der Waals surface area contributed by atoms with E-state index < -0.39 is 0 Å². The summed E-state index contributed by atoms with van der Waals surface area (Å²) in [6.45, 7) is 3.97. The number of carbonyl (C=O) groups is 1. The fraction of sp³-hybridized carbons (Fsp3) is 0.417. The molecule has 1 N–H and O–H groups in total. The molecular formula is C12H17NO. The number of unbranched alkanes of at least 4 members (excludes halogenated alkanes) is 1. The number of hydrogen-bond acceptors (Lipinski definition) is 2. The van der Waals surface area contributed by atoms with E-state index >= 15 is 0 Å². The zero-order valence-electron chi connectivity index (χ0n) is 8.62. The molecule has 0 aliphatic carbocycles. The molecule has 0 bridgehead atoms. The first-order valence-electron chi connectivity index (χ1n) is 5.12. The van der Waals surface area contributed by atoms with Crippen molar-refractivity contribution in [3.8, 4) is 0 Å². The third-order valence-electron chi connectivity index (χ3n) is 2.20. The van der Waals surface area contributed by atoms with Crippen molar-refractivity contribution in [1.29, 1.82) is 0 Å². The molecule has 2 heteroatoms. The second-order valence-electron chi connectivity index (χ2n) is 3.35. The van der Waals surface area contributed by atoms with Gasteiger partial charge in [0.25, 0.3) is 0 Å². The van der Waals surface area contributed by atoms with Crippen LogP contribution in [0.25, 0.3) is 0 Å². The Balaban J connectivity index is 2.45. The summed E-state index contributed by atoms with van der Waals surface area (Å²) in [7, 11) is 0. The zero-order chi connectivity index (χ0) is 10.2. The van der Waals surface area contributed by atoms with E-state index in [0.29, 0.717) is 0 Å². The summed E-state index contributed by atoms with van der Waals surface area (Å²) in [6, 6.07) is 7.69. The van der Waals surface area contributed by atoms with Gasteiger partial charge in [-0.05, 0) is 18.5 Å². The number of nitrogens with one attached hydrogen (secondary N) is 1. The molecule has 0 aliphatic rings. The average molecular weight is 191 g/mol. The van der Waals surface area contributed by atoms with Gasteiger partial charge in [-0.2, -0.15) is 0 Å². The maximum atomic E-state index is 10.7. The van der Waals surface area contributed by atoms with Gasteiger partial charge in [0, 0.05) is 12.1 Å². The molecule has 1 rings (SSSR count). The Hall–Kier alpha value is -1.15. The van der Waals surface area contributed by atoms with Crippen LogP contribution in [0.15, 0.2) is 24.3 Å². The first-order valence-corrected chi connectivity index (χ1v) is 5.12. The van der Waals surface area contributed by atoms with Gasteiger partial charge in [-0.15, -0.1) is 0 Å². The zero-order valence-corrected chi connectivity index (χ0v) is 8.62. The Morgan fingerprint density at radius 2 is 2.14 bits per heavy atom. The van der Waals surface area contributed by atoms with Gasteiger partial charge >= 0.3 is 0 Å². The van der Waals surface area contributed by atoms with Crippen LogP contribution >= 0.6 is 0 Å². The van der Waals surface area contributed by atoms with Gasteiger partial charge < -0.3 is 5.32 Å². The molecule has 0 heterocycles. The molecule has 1 aromatic carbocycles. The van der Waals surface area contributed by atoms with E-state index in [1.54, 1.807) is 0 Å². The van der Waals surface area contributed by atoms with Crippen molar-refractivity contribution in [2.45, 2.75) is 26.3 Å². The van der Waals surface area contributed by atoms with Crippen molar-refractivity contribution in [3.63, 3.8) is 0 Å². The van der Waals surface area contributed by atoms with Crippen molar-refractivity contribution in [3.05, 3.63) is 35.4 Å². The van der Waals surface area contributed by atoms with Crippen LogP contribution in [-0.2, 0) is 6.54 Å². The molecule has 0 spiro atoms. The highest BCUT2D eigenvalue weighted by Gasteiger charge is 1.98. The van der Waals surface area contributed by atoms with E-state index in [1.807, 2.05) is 24.3 Å². The molecule has 0 saturated heterocycles. The van der Waals surface area contributed by atoms with Crippen molar-refractivity contribution >= 4 is 6.29 Å². The molecule has 0 amide bonds. The molecule has 14 heavy (non-hydrogen) atoms. The van der Waals surface area contributed by atoms with Crippen LogP contribution in [0.2, 0.25) is 0 Å². The number of carbonyl (C=O) groups excluding carboxylic acids is 1. The lowest BCUT2D eigenvalue weighted by Gasteiger charge is -2.05. The normalized spacial score (nSPS) is 10.1. The molecule has 0 aliphatic heterocycles. The molecule has 0 fully saturated rings. The molecule has 0 aromatic heterocycles. The summed E-state index contributed by atoms with van der Waals surface area (Å²) >= 11 is 0. The van der Waals surface area contributed by atoms with E-state index in [1.165, 1.54) is 12.8 Å². The van der Waals surface area contributed by atoms with Gasteiger partial charge in [-0.3, -0.25) is 4.79 Å². The van der Waals surface area contributed by atoms with Gasteiger partial charge in [-0.25, -0.2) is 0 Å². The second-order valence-corrected chi connectivity index (χ2v) is 3.35. The molecule has 0 unspecified atom stereocenters. The topological polar surface area (TPSA) is 29.1 Å². The second kappa shape index (κ2) is 6.33. The van der Waals surface area contributed by atoms with Gasteiger partial charge in [0.05, 0.1) is 0 Å². The van der Waals surface area contributed by atoms with Crippen LogP contribution in [0.1, 0.15) is 35.7 Å². The van der Waals surface area contributed by atoms with Gasteiger partial charge in [0.2, 0.25) is 0 Å². The summed E-state index contributed by atoms with van der Waals surface area (Å²) < 4.78 is 0. The number of rotatable bonds is 6. The maximum Gasteiger partial charge on any atom is 0.150 e. The number of benzene rings is 1. The summed E-state index contributed by atoms with van der Waals surface area (Å²) in [5, 5.41) is 3.32. The standard InChI is InChI=1S/C12H17NO/c1-2-3-8-13-9-11-6-4-5-7-12(11)10-14/h4-7,10,13H,2-3,8-9H2,1H3. The molecule has 0 atom stereocenters. The van der Waals surface area contributed by atoms with E-state index in [-0.39, 0.29) is 0 Å². The quantitative estimate of drug-likeness (QED) is 0.552. The van der Waals surface area contributed by atoms with Crippen LogP contribution in [0, 0.1) is 0 Å². The molecule has 1 aromatic rings. The predicted molar refractivity (Wildman–Crippen MR) is 58.4 cm³/mol. The monoisotopic (exact) mass is 191 g/mol. The fourth-order valence-electron chi connectivity index (χ4n) is 1.33. The Morgan fingerprint density at radius 3 is 2.86 bits per heavy atom. The Morgan fingerprint density at radius 1 is 1.36 bits per heavy atom. The minimum absolute atomic E-state index is 0.787. The summed E-state index contributed by atoms with van der Waals surface area (Å²) in [4.78, 5) is 10.7. The lowest BCUT2D eigenvalue weighted by Crippen LogP contribution is -2.15. The molecular weight excluding hydrogens is 174 g/mol. The SMILES string of the molecule is CCCCNCc1ccccc1C=O. The predicted octanol–water partition coefficient (Wildman–Crippen LogP) is 2.39. The van der Waals surface area contributed by atoms with Crippen LogP contribution in [0.3, 0.4) is 0 Å². The molecule has 0 radical (unpaired) electrons. The Bertz CT molecular complexity index is 283. The first-order chi connectivity index (χ1) is 6.88. The lowest BCUT2D eigenvalue weighted by atomic mass is 10.1. The van der Waals surface area contributed by atoms with Crippen LogP contribution in [0.4, 0.5) is 0 Å². The fourth-order valence-corrected chi connectivity index (χ4v) is 1.33. The highest BCUT2D eigenvalue weighted by molar-refractivity contribution is 5.77. The average Bonchev–Trinajstić information content (AvgIpc) is 2.25. The Kier molecular flexibility index (Phi) is 4.94. The van der Waals surface area contributed by atoms with Crippen LogP contribution in [-0.4, -0.2) is 12.8 Å². The third-order valence-corrected chi connectivity index (χ3v) is 2.20. The molecule has 76 valence electrons. The van der Waals surface area contributed by atoms with Gasteiger partial charge in [0.1, 0.15) is 6.29 Å². The minimum Gasteiger partial charge on any atom is -0.313 e. The van der Waals surface area contributed by atoms with Crippen molar-refractivity contribution in [2.75, 3.05) is 6.54 Å². The molecule has 0 saturated carbocycles. The van der Waals surface area contributed by atoms with Crippen LogP contribution in [0.5, 0.6) is 0 Å². The van der Waals surface area contributed by atoms with E-state index in [4.69, 9.17) is 0 Å². The summed E-state index contributed by atoms with van der Waals surface area (Å²) in [5.41, 5.74) is 1.87. The Labute approximate surface area is 85.3 Å². The minimum atomic E-state index is 0.787. The maximum absolute atomic E-state index is 10.7. The van der Waals surface area contributed by atoms with Gasteiger partial charge in [0.15, 0.2) is 0 Å². The van der Waals surface area contributed by atoms with Crippen molar-refractivity contribution in [1.82, 2.24) is 5.32 Å². The van der Waals surface area contributed by atoms with Crippen molar-refractivity contribution in [2.24, 2.45) is 0 Å².